The van der Waals surface area contributed by atoms with E-state index in [-0.39, 0.29) is 30.5 Å². The summed E-state index contributed by atoms with van der Waals surface area (Å²) in [6, 6.07) is 7.35. The van der Waals surface area contributed by atoms with Gasteiger partial charge in [-0.05, 0) is 18.1 Å². The van der Waals surface area contributed by atoms with Crippen LogP contribution in [0.15, 0.2) is 35.5 Å². The van der Waals surface area contributed by atoms with Crippen LogP contribution in [0, 0.1) is 0 Å². The minimum atomic E-state index is -0.655. The first kappa shape index (κ1) is 20.4. The van der Waals surface area contributed by atoms with Crippen LogP contribution >= 0.6 is 0 Å². The van der Waals surface area contributed by atoms with Crippen LogP contribution in [0.2, 0.25) is 0 Å². The molecule has 0 saturated heterocycles. The SMILES string of the molecule is COC(=O)C1=C(C(=O)OC)N(c2ccccc2CCC(=O)N(C)C)COC1. The number of anilines is 1. The Hall–Kier alpha value is -2.87. The van der Waals surface area contributed by atoms with E-state index in [1.54, 1.807) is 19.0 Å². The van der Waals surface area contributed by atoms with Gasteiger partial charge in [-0.25, -0.2) is 9.59 Å². The van der Waals surface area contributed by atoms with E-state index in [2.05, 4.69) is 0 Å². The van der Waals surface area contributed by atoms with Crippen LogP contribution in [0.5, 0.6) is 0 Å². The van der Waals surface area contributed by atoms with Gasteiger partial charge in [0.25, 0.3) is 0 Å². The van der Waals surface area contributed by atoms with E-state index in [0.29, 0.717) is 18.5 Å². The van der Waals surface area contributed by atoms with Gasteiger partial charge in [0.15, 0.2) is 0 Å². The molecule has 0 saturated carbocycles. The number of hydrogen-bond donors (Lipinski definition) is 0. The molecule has 0 unspecified atom stereocenters. The number of esters is 2. The highest BCUT2D eigenvalue weighted by molar-refractivity contribution is 6.03. The average molecular weight is 376 g/mol. The van der Waals surface area contributed by atoms with Crippen molar-refractivity contribution < 1.29 is 28.6 Å². The van der Waals surface area contributed by atoms with Crippen LogP contribution in [0.3, 0.4) is 0 Å². The quantitative estimate of drug-likeness (QED) is 0.687. The van der Waals surface area contributed by atoms with Crippen LogP contribution in [0.4, 0.5) is 5.69 Å². The molecular weight excluding hydrogens is 352 g/mol. The molecule has 1 heterocycles. The molecule has 8 heteroatoms. The van der Waals surface area contributed by atoms with Crippen molar-refractivity contribution in [2.45, 2.75) is 12.8 Å². The predicted octanol–water partition coefficient (Wildman–Crippen LogP) is 1.10. The summed E-state index contributed by atoms with van der Waals surface area (Å²) in [7, 11) is 5.89. The first-order chi connectivity index (χ1) is 12.9. The van der Waals surface area contributed by atoms with Crippen molar-refractivity contribution >= 4 is 23.5 Å². The third kappa shape index (κ3) is 4.65. The molecule has 2 rings (SSSR count). The van der Waals surface area contributed by atoms with Crippen LogP contribution in [0.25, 0.3) is 0 Å². The molecule has 146 valence electrons. The highest BCUT2D eigenvalue weighted by atomic mass is 16.5. The normalized spacial score (nSPS) is 14.0. The van der Waals surface area contributed by atoms with Crippen molar-refractivity contribution in [1.82, 2.24) is 4.90 Å². The van der Waals surface area contributed by atoms with Crippen molar-refractivity contribution in [3.63, 3.8) is 0 Å². The van der Waals surface area contributed by atoms with Gasteiger partial charge in [-0.1, -0.05) is 18.2 Å². The number of carbonyl (C=O) groups is 3. The second kappa shape index (κ2) is 9.18. The summed E-state index contributed by atoms with van der Waals surface area (Å²) in [5.74, 6) is -1.31. The van der Waals surface area contributed by atoms with Gasteiger partial charge < -0.3 is 24.0 Å². The van der Waals surface area contributed by atoms with Gasteiger partial charge in [0.05, 0.1) is 26.4 Å². The molecule has 0 atom stereocenters. The van der Waals surface area contributed by atoms with Gasteiger partial charge in [-0.15, -0.1) is 0 Å². The summed E-state index contributed by atoms with van der Waals surface area (Å²) in [6.07, 6.45) is 0.797. The average Bonchev–Trinajstić information content (AvgIpc) is 2.70. The van der Waals surface area contributed by atoms with Gasteiger partial charge in [0, 0.05) is 26.2 Å². The maximum atomic E-state index is 12.4. The molecule has 0 radical (unpaired) electrons. The highest BCUT2D eigenvalue weighted by Gasteiger charge is 2.33. The molecule has 0 spiro atoms. The van der Waals surface area contributed by atoms with Gasteiger partial charge in [0.2, 0.25) is 5.91 Å². The highest BCUT2D eigenvalue weighted by Crippen LogP contribution is 2.30. The van der Waals surface area contributed by atoms with Gasteiger partial charge in [0.1, 0.15) is 12.4 Å². The van der Waals surface area contributed by atoms with E-state index < -0.39 is 11.9 Å². The summed E-state index contributed by atoms with van der Waals surface area (Å²) >= 11 is 0. The molecule has 1 aromatic rings. The zero-order valence-electron chi connectivity index (χ0n) is 16.0. The molecule has 1 aromatic carbocycles. The number of nitrogens with zero attached hydrogens (tertiary/aromatic N) is 2. The van der Waals surface area contributed by atoms with Gasteiger partial charge >= 0.3 is 11.9 Å². The van der Waals surface area contributed by atoms with E-state index in [4.69, 9.17) is 14.2 Å². The Morgan fingerprint density at radius 1 is 1.11 bits per heavy atom. The van der Waals surface area contributed by atoms with Crippen molar-refractivity contribution in [1.29, 1.82) is 0 Å². The number of hydrogen-bond acceptors (Lipinski definition) is 7. The fraction of sp³-hybridized carbons (Fsp3) is 0.421. The first-order valence-corrected chi connectivity index (χ1v) is 8.43. The number of methoxy groups -OCH3 is 2. The van der Waals surface area contributed by atoms with Crippen molar-refractivity contribution in [2.24, 2.45) is 0 Å². The molecule has 1 aliphatic heterocycles. The molecule has 0 N–H and O–H groups in total. The standard InChI is InChI=1S/C19H24N2O6/c1-20(2)16(22)10-9-13-7-5-6-8-15(13)21-12-27-11-14(18(23)25-3)17(21)19(24)26-4/h5-8H,9-12H2,1-4H3. The molecule has 27 heavy (non-hydrogen) atoms. The molecule has 0 fully saturated rings. The number of ether oxygens (including phenoxy) is 3. The Kier molecular flexibility index (Phi) is 6.95. The molecule has 0 aromatic heterocycles. The number of aryl methyl sites for hydroxylation is 1. The Morgan fingerprint density at radius 2 is 1.78 bits per heavy atom. The molecule has 0 bridgehead atoms. The molecular formula is C19H24N2O6. The molecule has 0 aliphatic carbocycles. The number of carbonyl (C=O) groups excluding carboxylic acids is 3. The van der Waals surface area contributed by atoms with Crippen LogP contribution in [0.1, 0.15) is 12.0 Å². The topological polar surface area (TPSA) is 85.4 Å². The minimum Gasteiger partial charge on any atom is -0.466 e. The summed E-state index contributed by atoms with van der Waals surface area (Å²) in [5, 5.41) is 0. The fourth-order valence-electron chi connectivity index (χ4n) is 2.78. The molecule has 8 nitrogen and oxygen atoms in total. The third-order valence-corrected chi connectivity index (χ3v) is 4.22. The maximum absolute atomic E-state index is 12.4. The monoisotopic (exact) mass is 376 g/mol. The van der Waals surface area contributed by atoms with Crippen molar-refractivity contribution in [3.05, 3.63) is 41.1 Å². The Morgan fingerprint density at radius 3 is 2.41 bits per heavy atom. The lowest BCUT2D eigenvalue weighted by Crippen LogP contribution is -2.39. The Bertz CT molecular complexity index is 756. The van der Waals surface area contributed by atoms with Crippen LogP contribution < -0.4 is 4.90 Å². The van der Waals surface area contributed by atoms with Crippen LogP contribution in [-0.4, -0.2) is 64.4 Å². The summed E-state index contributed by atoms with van der Waals surface area (Å²) in [5.41, 5.74) is 1.70. The van der Waals surface area contributed by atoms with E-state index >= 15 is 0 Å². The summed E-state index contributed by atoms with van der Waals surface area (Å²) in [6.45, 7) is 0.0262. The third-order valence-electron chi connectivity index (χ3n) is 4.22. The van der Waals surface area contributed by atoms with Gasteiger partial charge in [-0.2, -0.15) is 0 Å². The van der Waals surface area contributed by atoms with Crippen molar-refractivity contribution in [3.8, 4) is 0 Å². The van der Waals surface area contributed by atoms with Gasteiger partial charge in [-0.3, -0.25) is 4.79 Å². The molecule has 1 aliphatic rings. The van der Waals surface area contributed by atoms with Crippen molar-refractivity contribution in [2.75, 3.05) is 46.6 Å². The summed E-state index contributed by atoms with van der Waals surface area (Å²) < 4.78 is 15.1. The lowest BCUT2D eigenvalue weighted by atomic mass is 10.0. The predicted molar refractivity (Wildman–Crippen MR) is 97.8 cm³/mol. The Labute approximate surface area is 158 Å². The zero-order valence-corrected chi connectivity index (χ0v) is 16.0. The largest absolute Gasteiger partial charge is 0.466 e. The smallest absolute Gasteiger partial charge is 0.355 e. The van der Waals surface area contributed by atoms with E-state index in [9.17, 15) is 14.4 Å². The van der Waals surface area contributed by atoms with E-state index in [1.165, 1.54) is 19.1 Å². The Balaban J connectivity index is 2.44. The second-order valence-corrected chi connectivity index (χ2v) is 6.13. The zero-order chi connectivity index (χ0) is 20.0. The first-order valence-electron chi connectivity index (χ1n) is 8.43. The van der Waals surface area contributed by atoms with Crippen LogP contribution in [-0.2, 0) is 35.0 Å². The second-order valence-electron chi connectivity index (χ2n) is 6.13. The number of benzene rings is 1. The number of amides is 1. The maximum Gasteiger partial charge on any atom is 0.355 e. The summed E-state index contributed by atoms with van der Waals surface area (Å²) in [4.78, 5) is 39.6. The number of rotatable bonds is 6. The lowest BCUT2D eigenvalue weighted by Gasteiger charge is -2.32. The van der Waals surface area contributed by atoms with E-state index in [1.807, 2.05) is 24.3 Å². The molecule has 1 amide bonds. The lowest BCUT2D eigenvalue weighted by molar-refractivity contribution is -0.140. The number of para-hydroxylation sites is 1. The fourth-order valence-corrected chi connectivity index (χ4v) is 2.78. The van der Waals surface area contributed by atoms with E-state index in [0.717, 1.165) is 5.56 Å². The minimum absolute atomic E-state index is 0.00122.